The van der Waals surface area contributed by atoms with Crippen molar-refractivity contribution in [1.29, 1.82) is 0 Å². The van der Waals surface area contributed by atoms with Gasteiger partial charge in [0.2, 0.25) is 0 Å². The number of rotatable bonds is 6. The topological polar surface area (TPSA) is 63.7 Å². The predicted molar refractivity (Wildman–Crippen MR) is 128 cm³/mol. The lowest BCUT2D eigenvalue weighted by Gasteiger charge is -2.24. The Hall–Kier alpha value is -2.83. The van der Waals surface area contributed by atoms with Gasteiger partial charge in [0.15, 0.2) is 0 Å². The van der Waals surface area contributed by atoms with Gasteiger partial charge in [0.25, 0.3) is 15.9 Å². The summed E-state index contributed by atoms with van der Waals surface area (Å²) in [5.74, 6) is -0.0633. The van der Waals surface area contributed by atoms with E-state index in [-0.39, 0.29) is 21.6 Å². The molecule has 3 rings (SSSR count). The van der Waals surface area contributed by atoms with Crippen molar-refractivity contribution in [1.82, 2.24) is 0 Å². The zero-order chi connectivity index (χ0) is 23.5. The normalized spacial score (nSPS) is 11.8. The third-order valence-electron chi connectivity index (χ3n) is 4.92. The van der Waals surface area contributed by atoms with Gasteiger partial charge < -0.3 is 4.74 Å². The zero-order valence-electron chi connectivity index (χ0n) is 18.5. The Kier molecular flexibility index (Phi) is 6.96. The van der Waals surface area contributed by atoms with E-state index in [4.69, 9.17) is 16.3 Å². The van der Waals surface area contributed by atoms with Gasteiger partial charge in [0.1, 0.15) is 5.75 Å². The van der Waals surface area contributed by atoms with E-state index in [1.54, 1.807) is 36.4 Å². The number of hydrogen-bond acceptors (Lipinski definition) is 4. The maximum Gasteiger partial charge on any atom is 0.272 e. The van der Waals surface area contributed by atoms with Crippen molar-refractivity contribution in [3.8, 4) is 5.75 Å². The van der Waals surface area contributed by atoms with Crippen LogP contribution >= 0.6 is 11.6 Å². The fourth-order valence-corrected chi connectivity index (χ4v) is 4.69. The quantitative estimate of drug-likeness (QED) is 0.437. The molecule has 0 fully saturated rings. The van der Waals surface area contributed by atoms with Gasteiger partial charge in [-0.1, -0.05) is 44.5 Å². The summed E-state index contributed by atoms with van der Waals surface area (Å²) in [5.41, 5.74) is 1.44. The van der Waals surface area contributed by atoms with Gasteiger partial charge in [-0.3, -0.25) is 4.79 Å². The molecule has 1 amide bonds. The largest absolute Gasteiger partial charge is 0.494 e. The summed E-state index contributed by atoms with van der Waals surface area (Å²) in [6.07, 6.45) is 0. The third kappa shape index (κ3) is 5.14. The Morgan fingerprint density at radius 3 is 1.97 bits per heavy atom. The number of halogens is 1. The molecule has 3 aromatic carbocycles. The van der Waals surface area contributed by atoms with E-state index in [1.807, 2.05) is 19.1 Å². The standard InChI is InChI=1S/C25H26ClNO4S/c1-5-31-22-14-12-21(13-15-22)27(32(29,30)23-16-10-20(26)11-17-23)24(28)18-6-8-19(9-7-18)25(2,3)4/h6-17H,5H2,1-4H3. The second-order valence-corrected chi connectivity index (χ2v) is 10.5. The summed E-state index contributed by atoms with van der Waals surface area (Å²) < 4.78 is 33.3. The molecule has 0 unspecified atom stereocenters. The van der Waals surface area contributed by atoms with E-state index in [1.165, 1.54) is 24.3 Å². The number of hydrogen-bond donors (Lipinski definition) is 0. The summed E-state index contributed by atoms with van der Waals surface area (Å²) in [7, 11) is -4.20. The molecule has 0 saturated carbocycles. The summed E-state index contributed by atoms with van der Waals surface area (Å²) in [5, 5.41) is 0.403. The van der Waals surface area contributed by atoms with Gasteiger partial charge in [0, 0.05) is 10.6 Å². The van der Waals surface area contributed by atoms with Gasteiger partial charge >= 0.3 is 0 Å². The first-order valence-electron chi connectivity index (χ1n) is 10.2. The van der Waals surface area contributed by atoms with Crippen molar-refractivity contribution in [3.05, 3.63) is 88.9 Å². The summed E-state index contributed by atoms with van der Waals surface area (Å²) >= 11 is 5.93. The molecule has 0 saturated heterocycles. The van der Waals surface area contributed by atoms with E-state index in [0.29, 0.717) is 17.4 Å². The fraction of sp³-hybridized carbons (Fsp3) is 0.240. The van der Waals surface area contributed by atoms with Crippen LogP contribution in [0.15, 0.2) is 77.7 Å². The van der Waals surface area contributed by atoms with Gasteiger partial charge in [-0.15, -0.1) is 0 Å². The minimum atomic E-state index is -4.20. The number of amides is 1. The molecular weight excluding hydrogens is 446 g/mol. The molecule has 0 spiro atoms. The molecule has 168 valence electrons. The Labute approximate surface area is 194 Å². The van der Waals surface area contributed by atoms with Gasteiger partial charge in [-0.2, -0.15) is 4.31 Å². The summed E-state index contributed by atoms with van der Waals surface area (Å²) in [6, 6.07) is 19.1. The minimum absolute atomic E-state index is 0.0320. The first kappa shape index (κ1) is 23.8. The van der Waals surface area contributed by atoms with E-state index in [2.05, 4.69) is 20.8 Å². The van der Waals surface area contributed by atoms with Crippen LogP contribution in [0, 0.1) is 0 Å². The lowest BCUT2D eigenvalue weighted by atomic mass is 9.87. The Balaban J connectivity index is 2.09. The van der Waals surface area contributed by atoms with E-state index >= 15 is 0 Å². The van der Waals surface area contributed by atoms with Crippen LogP contribution in [0.5, 0.6) is 5.75 Å². The molecule has 0 atom stereocenters. The Bertz CT molecular complexity index is 1180. The van der Waals surface area contributed by atoms with Crippen molar-refractivity contribution < 1.29 is 17.9 Å². The average molecular weight is 472 g/mol. The number of benzene rings is 3. The third-order valence-corrected chi connectivity index (χ3v) is 6.89. The molecule has 0 aliphatic carbocycles. The first-order valence-corrected chi connectivity index (χ1v) is 12.0. The molecule has 5 nitrogen and oxygen atoms in total. The van der Waals surface area contributed by atoms with Crippen LogP contribution in [0.25, 0.3) is 0 Å². The van der Waals surface area contributed by atoms with Crippen LogP contribution in [0.1, 0.15) is 43.6 Å². The lowest BCUT2D eigenvalue weighted by Crippen LogP contribution is -2.37. The van der Waals surface area contributed by atoms with Crippen LogP contribution in [0.3, 0.4) is 0 Å². The Morgan fingerprint density at radius 2 is 1.47 bits per heavy atom. The van der Waals surface area contributed by atoms with Crippen LogP contribution in [-0.4, -0.2) is 20.9 Å². The maximum absolute atomic E-state index is 13.5. The summed E-state index contributed by atoms with van der Waals surface area (Å²) in [4.78, 5) is 13.5. The molecule has 0 bridgehead atoms. The lowest BCUT2D eigenvalue weighted by molar-refractivity contribution is 0.101. The van der Waals surface area contributed by atoms with Crippen LogP contribution < -0.4 is 9.04 Å². The smallest absolute Gasteiger partial charge is 0.272 e. The molecule has 0 aliphatic rings. The van der Waals surface area contributed by atoms with Crippen LogP contribution in [-0.2, 0) is 15.4 Å². The second kappa shape index (κ2) is 9.35. The highest BCUT2D eigenvalue weighted by molar-refractivity contribution is 7.93. The van der Waals surface area contributed by atoms with Crippen LogP contribution in [0.4, 0.5) is 5.69 Å². The molecule has 0 N–H and O–H groups in total. The monoisotopic (exact) mass is 471 g/mol. The van der Waals surface area contributed by atoms with Gasteiger partial charge in [-0.05, 0) is 78.6 Å². The average Bonchev–Trinajstić information content (AvgIpc) is 2.75. The van der Waals surface area contributed by atoms with Gasteiger partial charge in [0.05, 0.1) is 17.2 Å². The molecular formula is C25H26ClNO4S. The highest BCUT2D eigenvalue weighted by Gasteiger charge is 2.32. The van der Waals surface area contributed by atoms with Crippen molar-refractivity contribution in [2.45, 2.75) is 38.0 Å². The molecule has 32 heavy (non-hydrogen) atoms. The predicted octanol–water partition coefficient (Wildman–Crippen LogP) is 6.07. The highest BCUT2D eigenvalue weighted by Crippen LogP contribution is 2.29. The van der Waals surface area contributed by atoms with Crippen LogP contribution in [0.2, 0.25) is 5.02 Å². The molecule has 0 radical (unpaired) electrons. The van der Waals surface area contributed by atoms with E-state index in [9.17, 15) is 13.2 Å². The molecule has 0 aliphatic heterocycles. The number of nitrogens with zero attached hydrogens (tertiary/aromatic N) is 1. The second-order valence-electron chi connectivity index (χ2n) is 8.28. The molecule has 3 aromatic rings. The van der Waals surface area contributed by atoms with E-state index in [0.717, 1.165) is 9.87 Å². The number of anilines is 1. The minimum Gasteiger partial charge on any atom is -0.494 e. The molecule has 0 heterocycles. The van der Waals surface area contributed by atoms with Crippen molar-refractivity contribution in [2.24, 2.45) is 0 Å². The van der Waals surface area contributed by atoms with Crippen molar-refractivity contribution >= 4 is 33.2 Å². The van der Waals surface area contributed by atoms with Crippen molar-refractivity contribution in [3.63, 3.8) is 0 Å². The zero-order valence-corrected chi connectivity index (χ0v) is 20.1. The molecule has 0 aromatic heterocycles. The first-order chi connectivity index (χ1) is 15.0. The number of carbonyl (C=O) groups excluding carboxylic acids is 1. The van der Waals surface area contributed by atoms with Gasteiger partial charge in [-0.25, -0.2) is 8.42 Å². The van der Waals surface area contributed by atoms with Crippen molar-refractivity contribution in [2.75, 3.05) is 10.9 Å². The maximum atomic E-state index is 13.5. The fourth-order valence-electron chi connectivity index (χ4n) is 3.15. The SMILES string of the molecule is CCOc1ccc(N(C(=O)c2ccc(C(C)(C)C)cc2)S(=O)(=O)c2ccc(Cl)cc2)cc1. The number of carbonyl (C=O) groups is 1. The summed E-state index contributed by atoms with van der Waals surface area (Å²) in [6.45, 7) is 8.55. The highest BCUT2D eigenvalue weighted by atomic mass is 35.5. The Morgan fingerprint density at radius 1 is 0.906 bits per heavy atom. The molecule has 7 heteroatoms. The number of ether oxygens (including phenoxy) is 1. The number of sulfonamides is 1. The van der Waals surface area contributed by atoms with E-state index < -0.39 is 15.9 Å².